The molecule has 1 aliphatic rings. The molecule has 1 aromatic carbocycles. The SMILES string of the molecule is C[C@@H]1CN(c2nc(-c3ccc(F)cc3)ccc2C(=O)NS(=O)(=O)c2ccc[nH]c2=O)C(C)(C)C1. The number of halogens is 1. The molecule has 0 bridgehead atoms. The van der Waals surface area contributed by atoms with Gasteiger partial charge in [0.2, 0.25) is 0 Å². The number of benzene rings is 1. The zero-order valence-corrected chi connectivity index (χ0v) is 19.8. The largest absolute Gasteiger partial charge is 0.351 e. The van der Waals surface area contributed by atoms with Crippen LogP contribution in [0.3, 0.4) is 0 Å². The molecule has 34 heavy (non-hydrogen) atoms. The fourth-order valence-corrected chi connectivity index (χ4v) is 5.45. The second-order valence-electron chi connectivity index (χ2n) is 9.11. The highest BCUT2D eigenvalue weighted by Crippen LogP contribution is 2.38. The van der Waals surface area contributed by atoms with E-state index in [2.05, 4.69) is 11.9 Å². The van der Waals surface area contributed by atoms with Gasteiger partial charge in [-0.1, -0.05) is 6.92 Å². The molecule has 10 heteroatoms. The maximum atomic E-state index is 13.4. The minimum Gasteiger partial charge on any atom is -0.351 e. The molecule has 4 rings (SSSR count). The molecule has 178 valence electrons. The number of rotatable bonds is 5. The van der Waals surface area contributed by atoms with Gasteiger partial charge in [0.05, 0.1) is 11.3 Å². The van der Waals surface area contributed by atoms with Crippen LogP contribution in [0, 0.1) is 11.7 Å². The first-order chi connectivity index (χ1) is 16.0. The van der Waals surface area contributed by atoms with Crippen molar-refractivity contribution in [2.75, 3.05) is 11.4 Å². The van der Waals surface area contributed by atoms with E-state index in [-0.39, 0.29) is 16.9 Å². The van der Waals surface area contributed by atoms with Gasteiger partial charge < -0.3 is 9.88 Å². The molecule has 0 saturated carbocycles. The first-order valence-electron chi connectivity index (χ1n) is 10.8. The number of hydrogen-bond acceptors (Lipinski definition) is 6. The second-order valence-corrected chi connectivity index (χ2v) is 10.8. The van der Waals surface area contributed by atoms with Gasteiger partial charge in [0.1, 0.15) is 11.6 Å². The summed E-state index contributed by atoms with van der Waals surface area (Å²) in [5.41, 5.74) is 0.0665. The number of nitrogens with one attached hydrogen (secondary N) is 2. The Morgan fingerprint density at radius 1 is 1.18 bits per heavy atom. The summed E-state index contributed by atoms with van der Waals surface area (Å²) in [5, 5.41) is 0. The third-order valence-electron chi connectivity index (χ3n) is 5.89. The third-order valence-corrected chi connectivity index (χ3v) is 7.24. The number of carbonyl (C=O) groups is 1. The summed E-state index contributed by atoms with van der Waals surface area (Å²) in [4.78, 5) is 33.6. The molecule has 0 unspecified atom stereocenters. The zero-order valence-electron chi connectivity index (χ0n) is 19.0. The van der Waals surface area contributed by atoms with Gasteiger partial charge in [-0.05, 0) is 74.7 Å². The van der Waals surface area contributed by atoms with Crippen LogP contribution in [-0.4, -0.2) is 36.4 Å². The molecule has 1 amide bonds. The van der Waals surface area contributed by atoms with E-state index in [1.807, 2.05) is 23.5 Å². The number of aromatic nitrogens is 2. The van der Waals surface area contributed by atoms with E-state index in [1.165, 1.54) is 30.5 Å². The Bertz CT molecular complexity index is 1400. The van der Waals surface area contributed by atoms with E-state index in [9.17, 15) is 22.4 Å². The van der Waals surface area contributed by atoms with Crippen LogP contribution in [0.15, 0.2) is 64.4 Å². The average Bonchev–Trinajstić information content (AvgIpc) is 3.05. The molecule has 0 radical (unpaired) electrons. The number of aromatic amines is 1. The van der Waals surface area contributed by atoms with Gasteiger partial charge in [-0.3, -0.25) is 9.59 Å². The molecule has 0 aliphatic carbocycles. The van der Waals surface area contributed by atoms with E-state index in [1.54, 1.807) is 18.2 Å². The van der Waals surface area contributed by atoms with Crippen LogP contribution in [0.4, 0.5) is 10.2 Å². The summed E-state index contributed by atoms with van der Waals surface area (Å²) < 4.78 is 40.9. The van der Waals surface area contributed by atoms with Gasteiger partial charge in [0.15, 0.2) is 4.90 Å². The van der Waals surface area contributed by atoms with Gasteiger partial charge in [-0.2, -0.15) is 0 Å². The molecular weight excluding hydrogens is 459 g/mol. The van der Waals surface area contributed by atoms with Crippen LogP contribution in [0.5, 0.6) is 0 Å². The average molecular weight is 485 g/mol. The number of nitrogens with zero attached hydrogens (tertiary/aromatic N) is 2. The lowest BCUT2D eigenvalue weighted by Crippen LogP contribution is -2.41. The molecule has 8 nitrogen and oxygen atoms in total. The Labute approximate surface area is 196 Å². The molecular formula is C24H25FN4O4S. The van der Waals surface area contributed by atoms with Gasteiger partial charge in [0, 0.05) is 23.8 Å². The predicted octanol–water partition coefficient (Wildman–Crippen LogP) is 3.32. The van der Waals surface area contributed by atoms with Crippen molar-refractivity contribution in [3.05, 3.63) is 76.5 Å². The first kappa shape index (κ1) is 23.6. The monoisotopic (exact) mass is 484 g/mol. The molecule has 1 saturated heterocycles. The maximum Gasteiger partial charge on any atom is 0.269 e. The lowest BCUT2D eigenvalue weighted by Gasteiger charge is -2.34. The molecule has 2 N–H and O–H groups in total. The molecule has 1 aliphatic heterocycles. The fourth-order valence-electron chi connectivity index (χ4n) is 4.42. The molecule has 3 heterocycles. The third kappa shape index (κ3) is 4.58. The van der Waals surface area contributed by atoms with Gasteiger partial charge >= 0.3 is 0 Å². The van der Waals surface area contributed by atoms with Crippen molar-refractivity contribution in [3.63, 3.8) is 0 Å². The summed E-state index contributed by atoms with van der Waals surface area (Å²) in [6.45, 7) is 6.78. The van der Waals surface area contributed by atoms with Crippen LogP contribution in [-0.2, 0) is 10.0 Å². The minimum absolute atomic E-state index is 0.0592. The maximum absolute atomic E-state index is 13.4. The van der Waals surface area contributed by atoms with Gasteiger partial charge in [-0.15, -0.1) is 0 Å². The van der Waals surface area contributed by atoms with E-state index >= 15 is 0 Å². The molecule has 1 atom stereocenters. The van der Waals surface area contributed by atoms with E-state index in [0.717, 1.165) is 12.5 Å². The quantitative estimate of drug-likeness (QED) is 0.575. The van der Waals surface area contributed by atoms with Crippen molar-refractivity contribution >= 4 is 21.7 Å². The lowest BCUT2D eigenvalue weighted by atomic mass is 9.97. The van der Waals surface area contributed by atoms with Crippen molar-refractivity contribution in [2.45, 2.75) is 37.6 Å². The van der Waals surface area contributed by atoms with E-state index in [4.69, 9.17) is 4.98 Å². The van der Waals surface area contributed by atoms with Crippen molar-refractivity contribution in [3.8, 4) is 11.3 Å². The summed E-state index contributed by atoms with van der Waals surface area (Å²) in [6, 6.07) is 11.4. The zero-order chi connectivity index (χ0) is 24.7. The Hall–Kier alpha value is -3.53. The second kappa shape index (κ2) is 8.68. The van der Waals surface area contributed by atoms with Gasteiger partial charge in [0.25, 0.3) is 21.5 Å². The number of carbonyl (C=O) groups excluding carboxylic acids is 1. The number of sulfonamides is 1. The molecule has 3 aromatic rings. The normalized spacial score (nSPS) is 17.5. The van der Waals surface area contributed by atoms with E-state index < -0.39 is 26.4 Å². The van der Waals surface area contributed by atoms with Crippen LogP contribution in [0.2, 0.25) is 0 Å². The Morgan fingerprint density at radius 2 is 1.88 bits per heavy atom. The van der Waals surface area contributed by atoms with Crippen molar-refractivity contribution in [2.24, 2.45) is 5.92 Å². The number of H-pyrrole nitrogens is 1. The highest BCUT2D eigenvalue weighted by Gasteiger charge is 2.39. The van der Waals surface area contributed by atoms with Crippen LogP contribution < -0.4 is 15.2 Å². The van der Waals surface area contributed by atoms with Gasteiger partial charge in [-0.25, -0.2) is 22.5 Å². The van der Waals surface area contributed by atoms with E-state index in [0.29, 0.717) is 29.5 Å². The predicted molar refractivity (Wildman–Crippen MR) is 127 cm³/mol. The standard InChI is InChI=1S/C24H25FN4O4S/c1-15-13-24(2,3)29(14-15)21-18(10-11-19(27-21)16-6-8-17(25)9-7-16)22(30)28-34(32,33)20-5-4-12-26-23(20)31/h4-12,15H,13-14H2,1-3H3,(H,26,31)(H,28,30)/t15-/m0/s1. The highest BCUT2D eigenvalue weighted by molar-refractivity contribution is 7.90. The summed E-state index contributed by atoms with van der Waals surface area (Å²) in [5.74, 6) is -0.623. The topological polar surface area (TPSA) is 112 Å². The smallest absolute Gasteiger partial charge is 0.269 e. The van der Waals surface area contributed by atoms with Crippen molar-refractivity contribution in [1.82, 2.24) is 14.7 Å². The fraction of sp³-hybridized carbons (Fsp3) is 0.292. The Kier molecular flexibility index (Phi) is 6.03. The highest BCUT2D eigenvalue weighted by atomic mass is 32.2. The minimum atomic E-state index is -4.42. The first-order valence-corrected chi connectivity index (χ1v) is 12.3. The number of pyridine rings is 2. The summed E-state index contributed by atoms with van der Waals surface area (Å²) in [7, 11) is -4.42. The van der Waals surface area contributed by atoms with Crippen LogP contribution >= 0.6 is 0 Å². The van der Waals surface area contributed by atoms with Crippen LogP contribution in [0.1, 0.15) is 37.6 Å². The Morgan fingerprint density at radius 3 is 2.50 bits per heavy atom. The lowest BCUT2D eigenvalue weighted by molar-refractivity contribution is 0.0981. The van der Waals surface area contributed by atoms with Crippen molar-refractivity contribution < 1.29 is 17.6 Å². The summed E-state index contributed by atoms with van der Waals surface area (Å²) >= 11 is 0. The molecule has 0 spiro atoms. The number of anilines is 1. The molecule has 2 aromatic heterocycles. The number of hydrogen-bond donors (Lipinski definition) is 2. The van der Waals surface area contributed by atoms with Crippen LogP contribution in [0.25, 0.3) is 11.3 Å². The summed E-state index contributed by atoms with van der Waals surface area (Å²) in [6.07, 6.45) is 2.16. The molecule has 1 fully saturated rings. The van der Waals surface area contributed by atoms with Crippen molar-refractivity contribution in [1.29, 1.82) is 0 Å². The number of amides is 1. The Balaban J connectivity index is 1.78.